The van der Waals surface area contributed by atoms with Crippen LogP contribution in [0.1, 0.15) is 88.4 Å². The molecule has 13 heteroatoms. The fourth-order valence-corrected chi connectivity index (χ4v) is 12.6. The van der Waals surface area contributed by atoms with E-state index in [1.54, 1.807) is 23.6 Å². The van der Waals surface area contributed by atoms with E-state index in [0.717, 1.165) is 72.7 Å². The molecule has 0 bridgehead atoms. The van der Waals surface area contributed by atoms with Crippen molar-refractivity contribution in [3.63, 3.8) is 0 Å². The molecule has 2 aliphatic heterocycles. The Hall–Kier alpha value is -6.68. The van der Waals surface area contributed by atoms with Gasteiger partial charge in [-0.25, -0.2) is 9.59 Å². The zero-order chi connectivity index (χ0) is 64.9. The molecule has 2 fully saturated rings. The van der Waals surface area contributed by atoms with E-state index in [2.05, 4.69) is 189 Å². The van der Waals surface area contributed by atoms with Gasteiger partial charge in [0.2, 0.25) is 0 Å². The van der Waals surface area contributed by atoms with Gasteiger partial charge in [-0.2, -0.15) is 4.90 Å². The van der Waals surface area contributed by atoms with Crippen LogP contribution in [0.15, 0.2) is 257 Å². The fraction of sp³-hybridized carbons (Fsp3) is 0.300. The zero-order valence-electron chi connectivity index (χ0n) is 55.3. The van der Waals surface area contributed by atoms with Gasteiger partial charge in [-0.3, -0.25) is 9.80 Å². The summed E-state index contributed by atoms with van der Waals surface area (Å²) in [7, 11) is 0. The number of aliphatic hydroxyl groups is 1. The Bertz CT molecular complexity index is 3360. The molecule has 9 nitrogen and oxygen atoms in total. The van der Waals surface area contributed by atoms with E-state index >= 15 is 0 Å². The van der Waals surface area contributed by atoms with E-state index in [9.17, 15) is 9.59 Å². The maximum Gasteiger partial charge on any atom is 1.00 e. The van der Waals surface area contributed by atoms with Gasteiger partial charge in [0.05, 0.1) is 17.7 Å². The Morgan fingerprint density at radius 2 is 0.774 bits per heavy atom. The van der Waals surface area contributed by atoms with Crippen molar-refractivity contribution in [1.29, 1.82) is 0 Å². The number of thioether (sulfide) groups is 2. The van der Waals surface area contributed by atoms with Crippen molar-refractivity contribution in [2.45, 2.75) is 144 Å². The van der Waals surface area contributed by atoms with E-state index in [4.69, 9.17) is 27.2 Å². The molecule has 0 saturated carbocycles. The molecule has 0 spiro atoms. The van der Waals surface area contributed by atoms with E-state index in [0.29, 0.717) is 38.4 Å². The van der Waals surface area contributed by atoms with Gasteiger partial charge in [0, 0.05) is 59.6 Å². The standard InChI is InChI=1S/C40H44N2S2.C28H28N2O4.C7H8S.C5H12O.Na/c1-31-17-21-39(22-18-31)43-29-37(25-33-11-5-3-6-12-33)41-27-35-15-9-10-16-36(35)28-42-38(26-34-13-7-4-8-14-34)30-44-40-23-19-32(2)20-24-40;31-27-29(25(19-33-27)15-21-9-3-1-4-10-21)17-23-13-7-8-14-24(23)18-30-26(20-34-28(30)32)16-22-11-5-2-6-12-22;1-6-2-4-7(8)5-3-6;1-4-5(2,3)6;/h3-24,37-38,41-42H,25-30H2,1-2H3;1-14,25-26H,15-20H2;2-5,8H,1H3;6H,4H2,1-3H3;/q;;;;+1/p-1/t37-,38-;25-,26-;;;/m00.../s1. The molecule has 3 N–H and O–H groups in total. The Morgan fingerprint density at radius 1 is 0.473 bits per heavy atom. The Labute approximate surface area is 590 Å². The molecule has 480 valence electrons. The molecule has 2 heterocycles. The van der Waals surface area contributed by atoms with Crippen molar-refractivity contribution in [3.05, 3.63) is 304 Å². The van der Waals surface area contributed by atoms with E-state index in [1.165, 1.54) is 59.9 Å². The first-order valence-electron chi connectivity index (χ1n) is 32.1. The summed E-state index contributed by atoms with van der Waals surface area (Å²) in [6.07, 6.45) is 3.74. The van der Waals surface area contributed by atoms with Crippen LogP contribution in [0, 0.1) is 20.8 Å². The van der Waals surface area contributed by atoms with Crippen LogP contribution < -0.4 is 40.2 Å². The number of ether oxygens (including phenoxy) is 2. The molecule has 0 unspecified atom stereocenters. The summed E-state index contributed by atoms with van der Waals surface area (Å²) < 4.78 is 10.8. The molecule has 93 heavy (non-hydrogen) atoms. The van der Waals surface area contributed by atoms with Gasteiger partial charge in [0.15, 0.2) is 0 Å². The monoisotopic (exact) mass is 1310 g/mol. The molecule has 9 aromatic rings. The smallest absolute Gasteiger partial charge is 0.780 e. The van der Waals surface area contributed by atoms with Crippen molar-refractivity contribution < 1.29 is 53.7 Å². The van der Waals surface area contributed by atoms with Crippen LogP contribution in [0.5, 0.6) is 0 Å². The van der Waals surface area contributed by atoms with Gasteiger partial charge in [0.1, 0.15) is 13.2 Å². The molecule has 0 aliphatic carbocycles. The topological polar surface area (TPSA) is 103 Å². The number of rotatable bonds is 25. The first-order chi connectivity index (χ1) is 44.6. The molecule has 4 atom stereocenters. The van der Waals surface area contributed by atoms with E-state index in [1.807, 2.05) is 115 Å². The first-order valence-corrected chi connectivity index (χ1v) is 34.5. The molecule has 2 aliphatic rings. The number of hydrogen-bond acceptors (Lipinski definition) is 10. The Kier molecular flexibility index (Phi) is 31.1. The molecule has 0 aromatic heterocycles. The van der Waals surface area contributed by atoms with E-state index in [-0.39, 0.29) is 53.8 Å². The predicted molar refractivity (Wildman–Crippen MR) is 383 cm³/mol. The summed E-state index contributed by atoms with van der Waals surface area (Å²) in [6, 6.07) is 85.3. The summed E-state index contributed by atoms with van der Waals surface area (Å²) >= 11 is 8.75. The van der Waals surface area contributed by atoms with Crippen LogP contribution in [0.4, 0.5) is 9.59 Å². The number of nitrogens with one attached hydrogen (secondary N) is 2. The second-order valence-electron chi connectivity index (χ2n) is 24.4. The summed E-state index contributed by atoms with van der Waals surface area (Å²) in [6.45, 7) is 15.3. The SMILES string of the molecule is CCC(C)(C)O.Cc1ccc(SC[C@H](Cc2ccccc2)NCc2ccccc2CN[C@H](CSc2ccc(C)cc2)Cc2ccccc2)cc1.Cc1ccc([S-])cc1.O=C1OC[C@H](Cc2ccccc2)N1Cc1ccccc1CN1C(=O)OC[C@@H]1Cc1ccccc1.[Na+]. The Balaban J connectivity index is 0.000000220. The van der Waals surface area contributed by atoms with Crippen LogP contribution in [0.3, 0.4) is 0 Å². The summed E-state index contributed by atoms with van der Waals surface area (Å²) in [5.41, 5.74) is 13.3. The number of cyclic esters (lactones) is 2. The zero-order valence-corrected chi connectivity index (χ0v) is 59.7. The normalized spacial score (nSPS) is 14.8. The molecular formula is C80H91N4NaO5S3. The predicted octanol–water partition coefficient (Wildman–Crippen LogP) is 14.2. The maximum absolute atomic E-state index is 12.6. The van der Waals surface area contributed by atoms with Crippen molar-refractivity contribution in [2.24, 2.45) is 0 Å². The van der Waals surface area contributed by atoms with Crippen molar-refractivity contribution in [1.82, 2.24) is 20.4 Å². The maximum atomic E-state index is 12.6. The molecule has 11 rings (SSSR count). The average Bonchev–Trinajstić information content (AvgIpc) is 1.87. The van der Waals surface area contributed by atoms with Crippen molar-refractivity contribution in [3.8, 4) is 0 Å². The molecule has 2 amide bonds. The van der Waals surface area contributed by atoms with Crippen molar-refractivity contribution >= 4 is 48.3 Å². The third-order valence-corrected chi connectivity index (χ3v) is 19.0. The first kappa shape index (κ1) is 73.7. The average molecular weight is 1310 g/mol. The number of carbonyl (C=O) groups is 2. The van der Waals surface area contributed by atoms with Gasteiger partial charge in [0.25, 0.3) is 0 Å². The molecule has 9 aromatic carbocycles. The van der Waals surface area contributed by atoms with Gasteiger partial charge in [-0.05, 0) is 135 Å². The van der Waals surface area contributed by atoms with E-state index < -0.39 is 5.60 Å². The summed E-state index contributed by atoms with van der Waals surface area (Å²) in [5.74, 6) is 2.04. The number of carbonyl (C=O) groups excluding carboxylic acids is 2. The van der Waals surface area contributed by atoms with Gasteiger partial charge in [-0.1, -0.05) is 242 Å². The minimum absolute atomic E-state index is 0. The van der Waals surface area contributed by atoms with Crippen LogP contribution in [0.25, 0.3) is 0 Å². The summed E-state index contributed by atoms with van der Waals surface area (Å²) in [4.78, 5) is 32.3. The minimum atomic E-state index is -0.458. The van der Waals surface area contributed by atoms with Gasteiger partial charge < -0.3 is 37.8 Å². The fourth-order valence-electron chi connectivity index (χ4n) is 10.5. The number of amides is 2. The number of benzene rings is 9. The quantitative estimate of drug-likeness (QED) is 0.0291. The number of hydrogen-bond donors (Lipinski definition) is 3. The minimum Gasteiger partial charge on any atom is -0.780 e. The van der Waals surface area contributed by atoms with Crippen LogP contribution in [-0.2, 0) is 74.0 Å². The molecular weight excluding hydrogens is 1220 g/mol. The third-order valence-electron chi connectivity index (χ3n) is 16.3. The van der Waals surface area contributed by atoms with Crippen LogP contribution >= 0.6 is 23.5 Å². The second kappa shape index (κ2) is 39.2. The largest absolute Gasteiger partial charge is 1.00 e. The second-order valence-corrected chi connectivity index (χ2v) is 27.1. The van der Waals surface area contributed by atoms with Crippen LogP contribution in [0.2, 0.25) is 0 Å². The van der Waals surface area contributed by atoms with Crippen LogP contribution in [-0.4, -0.2) is 81.6 Å². The van der Waals surface area contributed by atoms with Gasteiger partial charge in [-0.15, -0.1) is 23.5 Å². The molecule has 0 radical (unpaired) electrons. The number of nitrogens with zero attached hydrogens (tertiary/aromatic N) is 2. The van der Waals surface area contributed by atoms with Gasteiger partial charge >= 0.3 is 41.7 Å². The molecule has 2 saturated heterocycles. The summed E-state index contributed by atoms with van der Waals surface area (Å²) in [5, 5.41) is 16.7. The Morgan fingerprint density at radius 3 is 1.10 bits per heavy atom. The van der Waals surface area contributed by atoms with Crippen molar-refractivity contribution in [2.75, 3.05) is 24.7 Å². The third kappa shape index (κ3) is 26.2. The number of aryl methyl sites for hydroxylation is 3.